The van der Waals surface area contributed by atoms with Crippen molar-refractivity contribution in [3.8, 4) is 40.5 Å². The van der Waals surface area contributed by atoms with E-state index < -0.39 is 0 Å². The lowest BCUT2D eigenvalue weighted by molar-refractivity contribution is 0.332. The summed E-state index contributed by atoms with van der Waals surface area (Å²) in [4.78, 5) is 15.5. The summed E-state index contributed by atoms with van der Waals surface area (Å²) < 4.78 is 4.69. The van der Waals surface area contributed by atoms with Crippen molar-refractivity contribution in [1.82, 2.24) is 24.1 Å². The first kappa shape index (κ1) is 32.1. The van der Waals surface area contributed by atoms with Crippen LogP contribution >= 0.6 is 0 Å². The predicted octanol–water partition coefficient (Wildman–Crippen LogP) is 11.6. The molecule has 0 saturated carbocycles. The zero-order valence-electron chi connectivity index (χ0n) is 30.8. The third-order valence-electron chi connectivity index (χ3n) is 11.7. The Balaban J connectivity index is 1.34. The molecule has 6 nitrogen and oxygen atoms in total. The minimum atomic E-state index is 0.0599. The van der Waals surface area contributed by atoms with Crippen LogP contribution in [0.4, 0.5) is 0 Å². The van der Waals surface area contributed by atoms with Crippen molar-refractivity contribution in [2.45, 2.75) is 51.4 Å². The van der Waals surface area contributed by atoms with Gasteiger partial charge in [0.05, 0.1) is 33.7 Å². The fourth-order valence-electron chi connectivity index (χ4n) is 8.70. The molecule has 9 aromatic rings. The van der Waals surface area contributed by atoms with Crippen molar-refractivity contribution in [2.24, 2.45) is 0 Å². The standard InChI is InChI=1S/C48H38N6/c1-47(2)26-27-48(3,4)39-28-33(22-25-38(39)47)53-40-16-10-8-14-34(40)36-23-24-37-35-15-9-11-17-41(35)54(43(37)42(36)53)46-51-44(31-12-6-5-7-13-31)50-45(52-46)32-20-18-30(29-49)19-21-32/h5-25,28H,26-27H2,1-4H3. The van der Waals surface area contributed by atoms with Crippen molar-refractivity contribution >= 4 is 43.6 Å². The molecule has 1 aliphatic rings. The Morgan fingerprint density at radius 2 is 1.06 bits per heavy atom. The first-order chi connectivity index (χ1) is 26.2. The van der Waals surface area contributed by atoms with Crippen LogP contribution in [0.1, 0.15) is 57.2 Å². The molecule has 0 bridgehead atoms. The Hall–Kier alpha value is -6.58. The number of rotatable bonds is 4. The summed E-state index contributed by atoms with van der Waals surface area (Å²) in [6.45, 7) is 9.55. The van der Waals surface area contributed by atoms with E-state index in [1.54, 1.807) is 0 Å². The topological polar surface area (TPSA) is 72.3 Å². The van der Waals surface area contributed by atoms with E-state index in [9.17, 15) is 5.26 Å². The SMILES string of the molecule is CC1(C)CCC(C)(C)c2cc(-n3c4ccccc4c4ccc5c6ccccc6n(-c6nc(-c7ccccc7)nc(-c7ccc(C#N)cc7)n6)c5c43)ccc21. The van der Waals surface area contributed by atoms with Crippen LogP contribution in [0, 0.1) is 11.3 Å². The van der Waals surface area contributed by atoms with Gasteiger partial charge in [-0.15, -0.1) is 0 Å². The number of nitrogens with zero attached hydrogens (tertiary/aromatic N) is 6. The molecular weight excluding hydrogens is 661 g/mol. The number of benzene rings is 6. The van der Waals surface area contributed by atoms with E-state index >= 15 is 0 Å². The number of nitriles is 1. The van der Waals surface area contributed by atoms with E-state index in [0.29, 0.717) is 23.2 Å². The Morgan fingerprint density at radius 1 is 0.519 bits per heavy atom. The maximum absolute atomic E-state index is 9.52. The highest BCUT2D eigenvalue weighted by Crippen LogP contribution is 2.48. The summed E-state index contributed by atoms with van der Waals surface area (Å²) >= 11 is 0. The molecule has 0 atom stereocenters. The minimum absolute atomic E-state index is 0.0599. The van der Waals surface area contributed by atoms with Crippen LogP contribution in [0.3, 0.4) is 0 Å². The Morgan fingerprint density at radius 3 is 1.69 bits per heavy atom. The average molecular weight is 699 g/mol. The molecule has 0 spiro atoms. The largest absolute Gasteiger partial charge is 0.307 e. The zero-order valence-corrected chi connectivity index (χ0v) is 30.8. The van der Waals surface area contributed by atoms with Crippen LogP contribution in [0.5, 0.6) is 0 Å². The van der Waals surface area contributed by atoms with Gasteiger partial charge in [-0.3, -0.25) is 4.57 Å². The second-order valence-corrected chi connectivity index (χ2v) is 15.9. The van der Waals surface area contributed by atoms with E-state index in [0.717, 1.165) is 56.1 Å². The molecular formula is C48H38N6. The second kappa shape index (κ2) is 11.7. The van der Waals surface area contributed by atoms with E-state index in [2.05, 4.69) is 122 Å². The van der Waals surface area contributed by atoms with Crippen LogP contribution in [0.25, 0.3) is 78.0 Å². The molecule has 0 N–H and O–H groups in total. The lowest BCUT2D eigenvalue weighted by Gasteiger charge is -2.42. The number of aromatic nitrogens is 5. The van der Waals surface area contributed by atoms with Crippen LogP contribution < -0.4 is 0 Å². The predicted molar refractivity (Wildman–Crippen MR) is 219 cm³/mol. The van der Waals surface area contributed by atoms with Crippen molar-refractivity contribution < 1.29 is 0 Å². The normalized spacial score (nSPS) is 14.8. The number of para-hydroxylation sites is 2. The fraction of sp³-hybridized carbons (Fsp3) is 0.167. The van der Waals surface area contributed by atoms with Gasteiger partial charge in [-0.25, -0.2) is 4.98 Å². The van der Waals surface area contributed by atoms with Gasteiger partial charge >= 0.3 is 0 Å². The maximum atomic E-state index is 9.52. The highest BCUT2D eigenvalue weighted by atomic mass is 15.2. The van der Waals surface area contributed by atoms with E-state index in [1.807, 2.05) is 54.6 Å². The summed E-state index contributed by atoms with van der Waals surface area (Å²) in [7, 11) is 0. The molecule has 260 valence electrons. The summed E-state index contributed by atoms with van der Waals surface area (Å²) in [5, 5.41) is 14.1. The van der Waals surface area contributed by atoms with Crippen LogP contribution in [-0.4, -0.2) is 24.1 Å². The molecule has 1 aliphatic carbocycles. The van der Waals surface area contributed by atoms with Gasteiger partial charge in [0, 0.05) is 38.4 Å². The minimum Gasteiger partial charge on any atom is -0.307 e. The summed E-state index contributed by atoms with van der Waals surface area (Å²) in [6, 6.07) is 48.7. The highest BCUT2D eigenvalue weighted by molar-refractivity contribution is 6.23. The van der Waals surface area contributed by atoms with Gasteiger partial charge in [0.25, 0.3) is 0 Å². The van der Waals surface area contributed by atoms with Crippen molar-refractivity contribution in [3.63, 3.8) is 0 Å². The molecule has 0 amide bonds. The third-order valence-corrected chi connectivity index (χ3v) is 11.7. The van der Waals surface area contributed by atoms with Gasteiger partial charge in [0.15, 0.2) is 11.6 Å². The van der Waals surface area contributed by atoms with E-state index in [4.69, 9.17) is 15.0 Å². The van der Waals surface area contributed by atoms with E-state index in [1.165, 1.54) is 28.3 Å². The average Bonchev–Trinajstić information content (AvgIpc) is 3.73. The van der Waals surface area contributed by atoms with E-state index in [-0.39, 0.29) is 10.8 Å². The molecule has 10 rings (SSSR count). The van der Waals surface area contributed by atoms with Gasteiger partial charge in [0.1, 0.15) is 0 Å². The molecule has 0 fully saturated rings. The Kier molecular flexibility index (Phi) is 6.96. The van der Waals surface area contributed by atoms with Crippen LogP contribution in [-0.2, 0) is 10.8 Å². The molecule has 6 aromatic carbocycles. The molecule has 0 saturated heterocycles. The smallest absolute Gasteiger partial charge is 0.238 e. The van der Waals surface area contributed by atoms with Gasteiger partial charge in [-0.2, -0.15) is 15.2 Å². The Labute approximate surface area is 314 Å². The number of hydrogen-bond donors (Lipinski definition) is 0. The van der Waals surface area contributed by atoms with Crippen molar-refractivity contribution in [3.05, 3.63) is 150 Å². The molecule has 3 heterocycles. The van der Waals surface area contributed by atoms with Crippen molar-refractivity contribution in [2.75, 3.05) is 0 Å². The highest BCUT2D eigenvalue weighted by Gasteiger charge is 2.37. The number of fused-ring (bicyclic) bond motifs is 8. The van der Waals surface area contributed by atoms with Gasteiger partial charge in [0.2, 0.25) is 5.95 Å². The molecule has 0 radical (unpaired) electrons. The molecule has 0 unspecified atom stereocenters. The third kappa shape index (κ3) is 4.82. The summed E-state index contributed by atoms with van der Waals surface area (Å²) in [5.74, 6) is 1.66. The quantitative estimate of drug-likeness (QED) is 0.183. The van der Waals surface area contributed by atoms with Gasteiger partial charge in [-0.05, 0) is 83.3 Å². The lowest BCUT2D eigenvalue weighted by atomic mass is 9.63. The molecule has 6 heteroatoms. The first-order valence-corrected chi connectivity index (χ1v) is 18.6. The lowest BCUT2D eigenvalue weighted by Crippen LogP contribution is -2.33. The molecule has 3 aromatic heterocycles. The molecule has 54 heavy (non-hydrogen) atoms. The van der Waals surface area contributed by atoms with Gasteiger partial charge in [-0.1, -0.05) is 113 Å². The van der Waals surface area contributed by atoms with Crippen LogP contribution in [0.2, 0.25) is 0 Å². The fourth-order valence-corrected chi connectivity index (χ4v) is 8.70. The number of hydrogen-bond acceptors (Lipinski definition) is 4. The monoisotopic (exact) mass is 698 g/mol. The summed E-state index contributed by atoms with van der Waals surface area (Å²) in [5.41, 5.74) is 10.8. The maximum Gasteiger partial charge on any atom is 0.238 e. The summed E-state index contributed by atoms with van der Waals surface area (Å²) in [6.07, 6.45) is 2.32. The zero-order chi connectivity index (χ0) is 36.8. The van der Waals surface area contributed by atoms with Gasteiger partial charge < -0.3 is 4.57 Å². The second-order valence-electron chi connectivity index (χ2n) is 15.9. The first-order valence-electron chi connectivity index (χ1n) is 18.6. The Bertz CT molecular complexity index is 2990. The molecule has 0 aliphatic heterocycles. The van der Waals surface area contributed by atoms with Crippen molar-refractivity contribution in [1.29, 1.82) is 5.26 Å². The van der Waals surface area contributed by atoms with Crippen LogP contribution in [0.15, 0.2) is 133 Å².